The molecule has 13 heavy (non-hydrogen) atoms. The summed E-state index contributed by atoms with van der Waals surface area (Å²) >= 11 is 3.30. The van der Waals surface area contributed by atoms with E-state index >= 15 is 0 Å². The summed E-state index contributed by atoms with van der Waals surface area (Å²) in [5.41, 5.74) is 0.358. The summed E-state index contributed by atoms with van der Waals surface area (Å²) in [4.78, 5) is 13.1. The number of aromatic nitrogens is 1. The quantitative estimate of drug-likeness (QED) is 0.758. The highest BCUT2D eigenvalue weighted by Gasteiger charge is 2.13. The molecule has 0 bridgehead atoms. The Labute approximate surface area is 85.0 Å². The molecule has 0 saturated carbocycles. The van der Waals surface area contributed by atoms with Crippen molar-refractivity contribution in [2.24, 2.45) is 0 Å². The van der Waals surface area contributed by atoms with Gasteiger partial charge in [-0.3, -0.25) is 4.79 Å². The number of rotatable bonds is 4. The van der Waals surface area contributed by atoms with Gasteiger partial charge in [-0.1, -0.05) is 21.1 Å². The minimum absolute atomic E-state index is 0.102. The standard InChI is InChI=1S/C8H11BrN2O2/c1-11(5-2-4-9)8(12)7-3-6-13-10-7/h3,6H,2,4-5H2,1H3. The molecule has 0 unspecified atom stereocenters. The fourth-order valence-corrected chi connectivity index (χ4v) is 1.17. The van der Waals surface area contributed by atoms with Crippen LogP contribution in [0.4, 0.5) is 0 Å². The fraction of sp³-hybridized carbons (Fsp3) is 0.500. The first-order chi connectivity index (χ1) is 6.25. The summed E-state index contributed by atoms with van der Waals surface area (Å²) in [6.45, 7) is 0.719. The van der Waals surface area contributed by atoms with Crippen molar-refractivity contribution in [1.82, 2.24) is 10.1 Å². The maximum absolute atomic E-state index is 11.5. The van der Waals surface area contributed by atoms with Crippen LogP contribution in [-0.4, -0.2) is 34.9 Å². The first-order valence-corrected chi connectivity index (χ1v) is 5.09. The summed E-state index contributed by atoms with van der Waals surface area (Å²) in [6.07, 6.45) is 2.33. The van der Waals surface area contributed by atoms with Gasteiger partial charge in [0, 0.05) is 25.0 Å². The molecule has 0 atom stereocenters. The Morgan fingerprint density at radius 1 is 1.77 bits per heavy atom. The maximum Gasteiger partial charge on any atom is 0.275 e. The monoisotopic (exact) mass is 246 g/mol. The van der Waals surface area contributed by atoms with E-state index in [0.717, 1.165) is 18.3 Å². The van der Waals surface area contributed by atoms with Crippen LogP contribution in [0.1, 0.15) is 16.9 Å². The van der Waals surface area contributed by atoms with Crippen LogP contribution in [0.2, 0.25) is 0 Å². The molecule has 0 aliphatic heterocycles. The SMILES string of the molecule is CN(CCCBr)C(=O)c1ccon1. The van der Waals surface area contributed by atoms with Crippen molar-refractivity contribution in [2.75, 3.05) is 18.9 Å². The molecule has 72 valence electrons. The highest BCUT2D eigenvalue weighted by atomic mass is 79.9. The number of amides is 1. The molecule has 0 aliphatic rings. The Bertz CT molecular complexity index is 261. The van der Waals surface area contributed by atoms with Crippen molar-refractivity contribution in [3.05, 3.63) is 18.0 Å². The molecular weight excluding hydrogens is 236 g/mol. The molecule has 0 radical (unpaired) electrons. The van der Waals surface area contributed by atoms with Crippen LogP contribution >= 0.6 is 15.9 Å². The van der Waals surface area contributed by atoms with Crippen LogP contribution in [0.25, 0.3) is 0 Å². The Kier molecular flexibility index (Phi) is 3.95. The topological polar surface area (TPSA) is 46.3 Å². The summed E-state index contributed by atoms with van der Waals surface area (Å²) in [5, 5.41) is 4.46. The van der Waals surface area contributed by atoms with Crippen molar-refractivity contribution in [3.63, 3.8) is 0 Å². The van der Waals surface area contributed by atoms with Gasteiger partial charge in [0.2, 0.25) is 0 Å². The molecule has 0 spiro atoms. The van der Waals surface area contributed by atoms with E-state index in [-0.39, 0.29) is 5.91 Å². The van der Waals surface area contributed by atoms with E-state index < -0.39 is 0 Å². The Hall–Kier alpha value is -0.840. The molecule has 1 heterocycles. The Morgan fingerprint density at radius 3 is 3.08 bits per heavy atom. The molecule has 0 N–H and O–H groups in total. The van der Waals surface area contributed by atoms with E-state index in [9.17, 15) is 4.79 Å². The Balaban J connectivity index is 2.48. The lowest BCUT2D eigenvalue weighted by atomic mass is 10.3. The number of hydrogen-bond acceptors (Lipinski definition) is 3. The van der Waals surface area contributed by atoms with Crippen LogP contribution in [0, 0.1) is 0 Å². The third-order valence-corrected chi connectivity index (χ3v) is 2.19. The third-order valence-electron chi connectivity index (χ3n) is 1.63. The first kappa shape index (κ1) is 10.2. The molecule has 0 fully saturated rings. The smallest absolute Gasteiger partial charge is 0.275 e. The van der Waals surface area contributed by atoms with E-state index in [1.807, 2.05) is 0 Å². The second-order valence-corrected chi connectivity index (χ2v) is 3.45. The van der Waals surface area contributed by atoms with E-state index in [1.165, 1.54) is 6.26 Å². The fourth-order valence-electron chi connectivity index (χ4n) is 0.917. The summed E-state index contributed by atoms with van der Waals surface area (Å²) in [6, 6.07) is 1.56. The lowest BCUT2D eigenvalue weighted by Crippen LogP contribution is -2.28. The molecule has 1 aromatic rings. The van der Waals surface area contributed by atoms with Crippen LogP contribution in [0.5, 0.6) is 0 Å². The van der Waals surface area contributed by atoms with Crippen molar-refractivity contribution in [2.45, 2.75) is 6.42 Å². The van der Waals surface area contributed by atoms with E-state index in [0.29, 0.717) is 5.69 Å². The number of halogens is 1. The number of nitrogens with zero attached hydrogens (tertiary/aromatic N) is 2. The van der Waals surface area contributed by atoms with Gasteiger partial charge in [0.05, 0.1) is 0 Å². The van der Waals surface area contributed by atoms with Crippen molar-refractivity contribution in [1.29, 1.82) is 0 Å². The molecule has 4 nitrogen and oxygen atoms in total. The van der Waals surface area contributed by atoms with Gasteiger partial charge in [0.25, 0.3) is 5.91 Å². The van der Waals surface area contributed by atoms with Gasteiger partial charge in [0.1, 0.15) is 6.26 Å². The molecule has 0 saturated heterocycles. The van der Waals surface area contributed by atoms with Crippen LogP contribution in [-0.2, 0) is 0 Å². The van der Waals surface area contributed by atoms with Crippen molar-refractivity contribution in [3.8, 4) is 0 Å². The molecular formula is C8H11BrN2O2. The predicted octanol–water partition coefficient (Wildman–Crippen LogP) is 1.53. The minimum Gasteiger partial charge on any atom is -0.364 e. The van der Waals surface area contributed by atoms with E-state index in [4.69, 9.17) is 0 Å². The van der Waals surface area contributed by atoms with Gasteiger partial charge in [0.15, 0.2) is 5.69 Å². The highest BCUT2D eigenvalue weighted by molar-refractivity contribution is 9.09. The van der Waals surface area contributed by atoms with Crippen molar-refractivity contribution < 1.29 is 9.32 Å². The predicted molar refractivity (Wildman–Crippen MR) is 51.9 cm³/mol. The van der Waals surface area contributed by atoms with Crippen LogP contribution in [0.3, 0.4) is 0 Å². The first-order valence-electron chi connectivity index (χ1n) is 3.97. The average Bonchev–Trinajstić information content (AvgIpc) is 2.65. The maximum atomic E-state index is 11.5. The van der Waals surface area contributed by atoms with E-state index in [2.05, 4.69) is 25.6 Å². The average molecular weight is 247 g/mol. The largest absolute Gasteiger partial charge is 0.364 e. The van der Waals surface area contributed by atoms with Gasteiger partial charge >= 0.3 is 0 Å². The number of hydrogen-bond donors (Lipinski definition) is 0. The lowest BCUT2D eigenvalue weighted by molar-refractivity contribution is 0.0785. The molecule has 1 amide bonds. The van der Waals surface area contributed by atoms with Gasteiger partial charge in [-0.15, -0.1) is 0 Å². The molecule has 1 rings (SSSR count). The zero-order valence-electron chi connectivity index (χ0n) is 7.36. The normalized spacial score (nSPS) is 10.0. The molecule has 0 aromatic carbocycles. The van der Waals surface area contributed by atoms with Crippen molar-refractivity contribution >= 4 is 21.8 Å². The molecule has 1 aromatic heterocycles. The molecule has 5 heteroatoms. The van der Waals surface area contributed by atoms with Crippen LogP contribution < -0.4 is 0 Å². The van der Waals surface area contributed by atoms with Gasteiger partial charge < -0.3 is 9.42 Å². The number of alkyl halides is 1. The second-order valence-electron chi connectivity index (χ2n) is 2.65. The number of carbonyl (C=O) groups excluding carboxylic acids is 1. The number of carbonyl (C=O) groups is 1. The van der Waals surface area contributed by atoms with Gasteiger partial charge in [-0.2, -0.15) is 0 Å². The lowest BCUT2D eigenvalue weighted by Gasteiger charge is -2.14. The Morgan fingerprint density at radius 2 is 2.54 bits per heavy atom. The second kappa shape index (κ2) is 5.01. The van der Waals surface area contributed by atoms with Crippen LogP contribution in [0.15, 0.2) is 16.9 Å². The summed E-state index contributed by atoms with van der Waals surface area (Å²) < 4.78 is 4.58. The summed E-state index contributed by atoms with van der Waals surface area (Å²) in [5.74, 6) is -0.102. The zero-order valence-corrected chi connectivity index (χ0v) is 8.95. The molecule has 0 aliphatic carbocycles. The zero-order chi connectivity index (χ0) is 9.68. The third kappa shape index (κ3) is 2.84. The van der Waals surface area contributed by atoms with Gasteiger partial charge in [-0.25, -0.2) is 0 Å². The van der Waals surface area contributed by atoms with E-state index in [1.54, 1.807) is 18.0 Å². The highest BCUT2D eigenvalue weighted by Crippen LogP contribution is 2.01. The summed E-state index contributed by atoms with van der Waals surface area (Å²) in [7, 11) is 1.75. The minimum atomic E-state index is -0.102. The van der Waals surface area contributed by atoms with Gasteiger partial charge in [-0.05, 0) is 6.42 Å².